The number of thiazole rings is 1. The standard InChI is InChI=1S/C22H19N5O2S/c1-28-17-11-7-15(8-12-17)21(25-24-16-9-13-18(29-2)14-10-16)26-27-22-23-19-5-3-4-6-20(19)30-22/h3-14,24H,1-2H3. The van der Waals surface area contributed by atoms with Gasteiger partial charge in [-0.25, -0.2) is 4.98 Å². The normalized spacial score (nSPS) is 11.7. The predicted molar refractivity (Wildman–Crippen MR) is 120 cm³/mol. The maximum Gasteiger partial charge on any atom is 0.231 e. The van der Waals surface area contributed by atoms with Crippen LogP contribution in [0.3, 0.4) is 0 Å². The van der Waals surface area contributed by atoms with Crippen LogP contribution in [0.1, 0.15) is 5.56 Å². The van der Waals surface area contributed by atoms with Crippen LogP contribution in [0.25, 0.3) is 10.2 Å². The summed E-state index contributed by atoms with van der Waals surface area (Å²) in [7, 11) is 3.26. The second-order valence-electron chi connectivity index (χ2n) is 6.17. The zero-order valence-corrected chi connectivity index (χ0v) is 17.3. The highest BCUT2D eigenvalue weighted by atomic mass is 32.1. The summed E-state index contributed by atoms with van der Waals surface area (Å²) in [5, 5.41) is 13.7. The summed E-state index contributed by atoms with van der Waals surface area (Å²) < 4.78 is 11.5. The Morgan fingerprint density at radius 3 is 2.20 bits per heavy atom. The van der Waals surface area contributed by atoms with Gasteiger partial charge in [0.2, 0.25) is 11.0 Å². The van der Waals surface area contributed by atoms with Gasteiger partial charge in [-0.1, -0.05) is 23.5 Å². The number of anilines is 1. The van der Waals surface area contributed by atoms with Crippen molar-refractivity contribution in [3.05, 3.63) is 78.4 Å². The van der Waals surface area contributed by atoms with Crippen LogP contribution in [0, 0.1) is 0 Å². The molecule has 0 aliphatic carbocycles. The lowest BCUT2D eigenvalue weighted by atomic mass is 10.2. The van der Waals surface area contributed by atoms with Crippen molar-refractivity contribution >= 4 is 38.2 Å². The number of para-hydroxylation sites is 1. The Morgan fingerprint density at radius 1 is 0.867 bits per heavy atom. The molecule has 8 heteroatoms. The smallest absolute Gasteiger partial charge is 0.231 e. The number of nitrogens with one attached hydrogen (secondary N) is 1. The number of rotatable bonds is 6. The van der Waals surface area contributed by atoms with Gasteiger partial charge in [0.25, 0.3) is 0 Å². The molecule has 0 saturated carbocycles. The molecule has 150 valence electrons. The third kappa shape index (κ3) is 4.61. The third-order valence-corrected chi connectivity index (χ3v) is 5.16. The number of hydrogen-bond donors (Lipinski definition) is 1. The minimum absolute atomic E-state index is 0.424. The molecule has 1 heterocycles. The monoisotopic (exact) mass is 417 g/mol. The molecule has 0 aliphatic heterocycles. The molecule has 4 aromatic rings. The van der Waals surface area contributed by atoms with Gasteiger partial charge in [-0.2, -0.15) is 5.10 Å². The fourth-order valence-corrected chi connectivity index (χ4v) is 3.45. The minimum atomic E-state index is 0.424. The molecule has 3 aromatic carbocycles. The molecular weight excluding hydrogens is 398 g/mol. The fourth-order valence-electron chi connectivity index (χ4n) is 2.66. The topological polar surface area (TPSA) is 80.5 Å². The first kappa shape index (κ1) is 19.5. The number of benzene rings is 3. The molecule has 1 aromatic heterocycles. The Bertz CT molecular complexity index is 1150. The van der Waals surface area contributed by atoms with E-state index in [2.05, 4.69) is 25.7 Å². The summed E-state index contributed by atoms with van der Waals surface area (Å²) in [6.45, 7) is 0. The van der Waals surface area contributed by atoms with E-state index >= 15 is 0 Å². The number of methoxy groups -OCH3 is 2. The number of aromatic nitrogens is 1. The van der Waals surface area contributed by atoms with E-state index < -0.39 is 0 Å². The first-order chi connectivity index (χ1) is 14.7. The van der Waals surface area contributed by atoms with Crippen molar-refractivity contribution in [1.82, 2.24) is 4.98 Å². The number of ether oxygens (including phenoxy) is 2. The van der Waals surface area contributed by atoms with Gasteiger partial charge in [-0.3, -0.25) is 5.43 Å². The van der Waals surface area contributed by atoms with E-state index in [0.29, 0.717) is 11.0 Å². The van der Waals surface area contributed by atoms with E-state index in [9.17, 15) is 0 Å². The van der Waals surface area contributed by atoms with E-state index in [1.807, 2.05) is 72.8 Å². The van der Waals surface area contributed by atoms with Crippen molar-refractivity contribution in [3.8, 4) is 11.5 Å². The Morgan fingerprint density at radius 2 is 1.53 bits per heavy atom. The van der Waals surface area contributed by atoms with Crippen molar-refractivity contribution in [2.45, 2.75) is 0 Å². The molecule has 0 saturated heterocycles. The summed E-state index contributed by atoms with van der Waals surface area (Å²) in [5.41, 5.74) is 5.51. The zero-order chi connectivity index (χ0) is 20.8. The van der Waals surface area contributed by atoms with Crippen molar-refractivity contribution < 1.29 is 9.47 Å². The largest absolute Gasteiger partial charge is 0.497 e. The van der Waals surface area contributed by atoms with Crippen LogP contribution in [0.2, 0.25) is 0 Å². The summed E-state index contributed by atoms with van der Waals surface area (Å²) in [6.07, 6.45) is 0. The Labute approximate surface area is 177 Å². The maximum atomic E-state index is 5.23. The molecule has 0 bridgehead atoms. The molecule has 4 rings (SSSR count). The minimum Gasteiger partial charge on any atom is -0.497 e. The molecule has 0 aliphatic rings. The maximum absolute atomic E-state index is 5.23. The van der Waals surface area contributed by atoms with E-state index in [1.54, 1.807) is 14.2 Å². The number of amidine groups is 1. The average molecular weight is 417 g/mol. The lowest BCUT2D eigenvalue weighted by Crippen LogP contribution is -2.01. The van der Waals surface area contributed by atoms with Gasteiger partial charge >= 0.3 is 0 Å². The van der Waals surface area contributed by atoms with Crippen LogP contribution in [-0.2, 0) is 0 Å². The molecule has 0 unspecified atom stereocenters. The summed E-state index contributed by atoms with van der Waals surface area (Å²) >= 11 is 1.48. The first-order valence-electron chi connectivity index (χ1n) is 9.14. The molecule has 0 spiro atoms. The number of azo groups is 1. The Hall–Kier alpha value is -3.78. The molecular formula is C22H19N5O2S. The summed E-state index contributed by atoms with van der Waals surface area (Å²) in [4.78, 5) is 4.49. The van der Waals surface area contributed by atoms with Gasteiger partial charge in [0, 0.05) is 5.56 Å². The molecule has 1 N–H and O–H groups in total. The SMILES string of the molecule is COc1ccc(NN=C(N=Nc2nc3ccccc3s2)c2ccc(OC)cc2)cc1. The van der Waals surface area contributed by atoms with Crippen LogP contribution < -0.4 is 14.9 Å². The second kappa shape index (κ2) is 9.15. The van der Waals surface area contributed by atoms with Crippen LogP contribution in [-0.4, -0.2) is 25.0 Å². The van der Waals surface area contributed by atoms with E-state index in [-0.39, 0.29) is 0 Å². The van der Waals surface area contributed by atoms with Crippen LogP contribution in [0.5, 0.6) is 11.5 Å². The highest BCUT2D eigenvalue weighted by molar-refractivity contribution is 7.21. The number of fused-ring (bicyclic) bond motifs is 1. The Kier molecular flexibility index (Phi) is 5.95. The van der Waals surface area contributed by atoms with Gasteiger partial charge < -0.3 is 9.47 Å². The average Bonchev–Trinajstić information content (AvgIpc) is 3.22. The fraction of sp³-hybridized carbons (Fsp3) is 0.0909. The summed E-state index contributed by atoms with van der Waals surface area (Å²) in [5.74, 6) is 1.95. The number of nitrogens with zero attached hydrogens (tertiary/aromatic N) is 4. The third-order valence-electron chi connectivity index (χ3n) is 4.24. The summed E-state index contributed by atoms with van der Waals surface area (Å²) in [6, 6.07) is 22.8. The van der Waals surface area contributed by atoms with Gasteiger partial charge in [0.15, 0.2) is 0 Å². The quantitative estimate of drug-likeness (QED) is 0.184. The molecule has 0 radical (unpaired) electrons. The molecule has 0 amide bonds. The van der Waals surface area contributed by atoms with Crippen molar-refractivity contribution in [2.24, 2.45) is 15.3 Å². The number of hydrazone groups is 1. The van der Waals surface area contributed by atoms with Gasteiger partial charge in [0.1, 0.15) is 11.5 Å². The van der Waals surface area contributed by atoms with E-state index in [0.717, 1.165) is 33.0 Å². The van der Waals surface area contributed by atoms with E-state index in [1.165, 1.54) is 11.3 Å². The number of hydrogen-bond acceptors (Lipinski definition) is 7. The molecule has 7 nitrogen and oxygen atoms in total. The second-order valence-corrected chi connectivity index (χ2v) is 7.18. The van der Waals surface area contributed by atoms with Crippen LogP contribution in [0.15, 0.2) is 88.1 Å². The zero-order valence-electron chi connectivity index (χ0n) is 16.4. The van der Waals surface area contributed by atoms with Gasteiger partial charge in [0.05, 0.1) is 30.1 Å². The highest BCUT2D eigenvalue weighted by Crippen LogP contribution is 2.28. The van der Waals surface area contributed by atoms with Crippen LogP contribution in [0.4, 0.5) is 10.8 Å². The first-order valence-corrected chi connectivity index (χ1v) is 9.96. The van der Waals surface area contributed by atoms with Crippen molar-refractivity contribution in [2.75, 3.05) is 19.6 Å². The van der Waals surface area contributed by atoms with Gasteiger partial charge in [-0.15, -0.1) is 10.2 Å². The molecule has 30 heavy (non-hydrogen) atoms. The lowest BCUT2D eigenvalue weighted by molar-refractivity contribution is 0.414. The van der Waals surface area contributed by atoms with Crippen molar-refractivity contribution in [3.63, 3.8) is 0 Å². The highest BCUT2D eigenvalue weighted by Gasteiger charge is 2.06. The molecule has 0 fully saturated rings. The van der Waals surface area contributed by atoms with Crippen LogP contribution >= 0.6 is 11.3 Å². The van der Waals surface area contributed by atoms with Gasteiger partial charge in [-0.05, 0) is 60.7 Å². The Balaban J connectivity index is 1.62. The predicted octanol–water partition coefficient (Wildman–Crippen LogP) is 5.87. The van der Waals surface area contributed by atoms with Crippen molar-refractivity contribution in [1.29, 1.82) is 0 Å². The van der Waals surface area contributed by atoms with E-state index in [4.69, 9.17) is 9.47 Å². The lowest BCUT2D eigenvalue weighted by Gasteiger charge is -2.05. The molecule has 0 atom stereocenters.